The number of aromatic nitrogens is 1. The first-order valence-electron chi connectivity index (χ1n) is 6.16. The van der Waals surface area contributed by atoms with Gasteiger partial charge >= 0.3 is 5.97 Å². The van der Waals surface area contributed by atoms with Gasteiger partial charge in [-0.05, 0) is 23.6 Å². The van der Waals surface area contributed by atoms with Crippen LogP contribution in [0, 0.1) is 0 Å². The molecule has 0 aliphatic rings. The number of hydrogen-bond acceptors (Lipinski definition) is 3. The summed E-state index contributed by atoms with van der Waals surface area (Å²) < 4.78 is 0. The van der Waals surface area contributed by atoms with Gasteiger partial charge in [0.15, 0.2) is 5.69 Å². The summed E-state index contributed by atoms with van der Waals surface area (Å²) in [5, 5.41) is 11.9. The third kappa shape index (κ3) is 2.73. The molecule has 0 amide bonds. The Morgan fingerprint density at radius 1 is 1.32 bits per heavy atom. The fraction of sp³-hybridized carbons (Fsp3) is 0.200. The minimum Gasteiger partial charge on any atom is -0.476 e. The molecule has 1 aromatic heterocycles. The van der Waals surface area contributed by atoms with Gasteiger partial charge in [0.05, 0.1) is 5.69 Å². The number of nitrogens with one attached hydrogen (secondary N) is 1. The van der Waals surface area contributed by atoms with Gasteiger partial charge in [0, 0.05) is 18.8 Å². The molecule has 2 rings (SSSR count). The molecule has 4 nitrogen and oxygen atoms in total. The Bertz CT molecular complexity index is 609. The van der Waals surface area contributed by atoms with Gasteiger partial charge in [0.25, 0.3) is 0 Å². The topological polar surface area (TPSA) is 62.2 Å². The van der Waals surface area contributed by atoms with E-state index in [-0.39, 0.29) is 5.69 Å². The van der Waals surface area contributed by atoms with Gasteiger partial charge < -0.3 is 10.4 Å². The number of anilines is 1. The predicted octanol–water partition coefficient (Wildman–Crippen LogP) is 3.05. The predicted molar refractivity (Wildman–Crippen MR) is 75.6 cm³/mol. The fourth-order valence-corrected chi connectivity index (χ4v) is 1.95. The molecule has 2 aromatic rings. The van der Waals surface area contributed by atoms with Crippen LogP contribution in [0.25, 0.3) is 11.1 Å². The van der Waals surface area contributed by atoms with E-state index in [1.165, 1.54) is 5.56 Å². The van der Waals surface area contributed by atoms with Crippen LogP contribution in [0.4, 0.5) is 5.69 Å². The minimum absolute atomic E-state index is 0.0397. The van der Waals surface area contributed by atoms with Crippen molar-refractivity contribution in [2.45, 2.75) is 13.3 Å². The molecule has 98 valence electrons. The maximum absolute atomic E-state index is 11.0. The Kier molecular flexibility index (Phi) is 3.80. The van der Waals surface area contributed by atoms with E-state index < -0.39 is 5.97 Å². The van der Waals surface area contributed by atoms with Crippen molar-refractivity contribution >= 4 is 11.7 Å². The van der Waals surface area contributed by atoms with Crippen molar-refractivity contribution in [1.29, 1.82) is 0 Å². The Morgan fingerprint density at radius 3 is 2.74 bits per heavy atom. The van der Waals surface area contributed by atoms with Crippen molar-refractivity contribution < 1.29 is 9.90 Å². The maximum Gasteiger partial charge on any atom is 0.356 e. The summed E-state index contributed by atoms with van der Waals surface area (Å²) in [5.41, 5.74) is 3.75. The highest BCUT2D eigenvalue weighted by Crippen LogP contribution is 2.24. The van der Waals surface area contributed by atoms with Crippen LogP contribution >= 0.6 is 0 Å². The molecule has 0 saturated carbocycles. The zero-order valence-corrected chi connectivity index (χ0v) is 11.0. The lowest BCUT2D eigenvalue weighted by Crippen LogP contribution is -2.05. The number of carboxylic acids is 1. The Labute approximate surface area is 112 Å². The number of carboxylic acid groups (broad SMARTS) is 1. The van der Waals surface area contributed by atoms with Crippen molar-refractivity contribution in [3.63, 3.8) is 0 Å². The van der Waals surface area contributed by atoms with Gasteiger partial charge in [-0.2, -0.15) is 0 Å². The second kappa shape index (κ2) is 5.52. The molecule has 0 radical (unpaired) electrons. The highest BCUT2D eigenvalue weighted by atomic mass is 16.4. The van der Waals surface area contributed by atoms with Crippen molar-refractivity contribution in [2.75, 3.05) is 12.4 Å². The van der Waals surface area contributed by atoms with Crippen molar-refractivity contribution in [2.24, 2.45) is 0 Å². The number of pyridine rings is 1. The lowest BCUT2D eigenvalue weighted by atomic mass is 10.0. The largest absolute Gasteiger partial charge is 0.476 e. The van der Waals surface area contributed by atoms with Gasteiger partial charge in [-0.15, -0.1) is 0 Å². The van der Waals surface area contributed by atoms with E-state index >= 15 is 0 Å². The Balaban J connectivity index is 2.48. The van der Waals surface area contributed by atoms with E-state index in [0.717, 1.165) is 17.5 Å². The zero-order valence-electron chi connectivity index (χ0n) is 11.0. The minimum atomic E-state index is -1.03. The molecule has 0 spiro atoms. The lowest BCUT2D eigenvalue weighted by molar-refractivity contribution is 0.0691. The summed E-state index contributed by atoms with van der Waals surface area (Å²) in [6.07, 6.45) is 2.56. The van der Waals surface area contributed by atoms with Crippen LogP contribution in [0.15, 0.2) is 36.5 Å². The first-order valence-corrected chi connectivity index (χ1v) is 6.16. The second-order valence-corrected chi connectivity index (χ2v) is 4.23. The molecule has 0 bridgehead atoms. The normalized spacial score (nSPS) is 10.2. The third-order valence-electron chi connectivity index (χ3n) is 3.03. The van der Waals surface area contributed by atoms with Crippen LogP contribution in [0.5, 0.6) is 0 Å². The summed E-state index contributed by atoms with van der Waals surface area (Å²) in [6, 6.07) is 9.97. The van der Waals surface area contributed by atoms with Crippen LogP contribution in [-0.4, -0.2) is 23.1 Å². The number of aromatic carboxylic acids is 1. The molecule has 0 aliphatic carbocycles. The number of aryl methyl sites for hydroxylation is 1. The van der Waals surface area contributed by atoms with Crippen molar-refractivity contribution in [3.05, 3.63) is 47.8 Å². The van der Waals surface area contributed by atoms with Gasteiger partial charge in [-0.25, -0.2) is 9.78 Å². The first kappa shape index (κ1) is 13.1. The number of carbonyl (C=O) groups is 1. The SMILES string of the molecule is CCc1cccc(-c2cnc(C(=O)O)c(NC)c2)c1. The molecule has 2 N–H and O–H groups in total. The smallest absolute Gasteiger partial charge is 0.356 e. The highest BCUT2D eigenvalue weighted by Gasteiger charge is 2.12. The number of hydrogen-bond donors (Lipinski definition) is 2. The van der Waals surface area contributed by atoms with Gasteiger partial charge in [-0.1, -0.05) is 31.2 Å². The van der Waals surface area contributed by atoms with E-state index in [1.54, 1.807) is 13.2 Å². The van der Waals surface area contributed by atoms with Crippen molar-refractivity contribution in [1.82, 2.24) is 4.98 Å². The Hall–Kier alpha value is -2.36. The van der Waals surface area contributed by atoms with Gasteiger partial charge in [0.2, 0.25) is 0 Å². The molecule has 0 atom stereocenters. The molecule has 1 heterocycles. The van der Waals surface area contributed by atoms with E-state index in [0.29, 0.717) is 5.69 Å². The molecule has 19 heavy (non-hydrogen) atoms. The fourth-order valence-electron chi connectivity index (χ4n) is 1.95. The van der Waals surface area contributed by atoms with Crippen molar-refractivity contribution in [3.8, 4) is 11.1 Å². The van der Waals surface area contributed by atoms with E-state index in [4.69, 9.17) is 5.11 Å². The summed E-state index contributed by atoms with van der Waals surface area (Å²) >= 11 is 0. The standard InChI is InChI=1S/C15H16N2O2/c1-3-10-5-4-6-11(7-10)12-8-13(16-2)14(15(18)19)17-9-12/h4-9,16H,3H2,1-2H3,(H,18,19). The zero-order chi connectivity index (χ0) is 13.8. The van der Waals surface area contributed by atoms with E-state index in [1.807, 2.05) is 18.2 Å². The monoisotopic (exact) mass is 256 g/mol. The average Bonchev–Trinajstić information content (AvgIpc) is 2.46. The molecular formula is C15H16N2O2. The van der Waals surface area contributed by atoms with E-state index in [2.05, 4.69) is 29.4 Å². The number of rotatable bonds is 4. The van der Waals surface area contributed by atoms with Crippen LogP contribution in [-0.2, 0) is 6.42 Å². The molecule has 0 aliphatic heterocycles. The van der Waals surface area contributed by atoms with Crippen LogP contribution in [0.2, 0.25) is 0 Å². The molecular weight excluding hydrogens is 240 g/mol. The van der Waals surface area contributed by atoms with E-state index in [9.17, 15) is 4.79 Å². The summed E-state index contributed by atoms with van der Waals surface area (Å²) in [6.45, 7) is 2.10. The molecule has 1 aromatic carbocycles. The molecule has 4 heteroatoms. The molecule has 0 saturated heterocycles. The number of benzene rings is 1. The van der Waals surface area contributed by atoms with Gasteiger partial charge in [0.1, 0.15) is 0 Å². The first-order chi connectivity index (χ1) is 9.15. The van der Waals surface area contributed by atoms with Gasteiger partial charge in [-0.3, -0.25) is 0 Å². The summed E-state index contributed by atoms with van der Waals surface area (Å²) in [5.74, 6) is -1.03. The molecule has 0 unspecified atom stereocenters. The van der Waals surface area contributed by atoms with Crippen LogP contribution in [0.3, 0.4) is 0 Å². The van der Waals surface area contributed by atoms with Crippen LogP contribution < -0.4 is 5.32 Å². The summed E-state index contributed by atoms with van der Waals surface area (Å²) in [7, 11) is 1.69. The third-order valence-corrected chi connectivity index (χ3v) is 3.03. The quantitative estimate of drug-likeness (QED) is 0.882. The molecule has 0 fully saturated rings. The lowest BCUT2D eigenvalue weighted by Gasteiger charge is -2.08. The van der Waals surface area contributed by atoms with Crippen LogP contribution in [0.1, 0.15) is 23.0 Å². The summed E-state index contributed by atoms with van der Waals surface area (Å²) in [4.78, 5) is 15.0. The number of nitrogens with zero attached hydrogens (tertiary/aromatic N) is 1. The maximum atomic E-state index is 11.0. The second-order valence-electron chi connectivity index (χ2n) is 4.23. The highest BCUT2D eigenvalue weighted by molar-refractivity contribution is 5.92. The Morgan fingerprint density at radius 2 is 2.11 bits per heavy atom. The average molecular weight is 256 g/mol.